The summed E-state index contributed by atoms with van der Waals surface area (Å²) in [5.74, 6) is -1.11. The van der Waals surface area contributed by atoms with Gasteiger partial charge in [0.1, 0.15) is 23.7 Å². The van der Waals surface area contributed by atoms with Crippen LogP contribution in [0.4, 0.5) is 10.1 Å². The third-order valence-corrected chi connectivity index (χ3v) is 6.47. The van der Waals surface area contributed by atoms with Gasteiger partial charge in [0.05, 0.1) is 6.61 Å². The van der Waals surface area contributed by atoms with Crippen LogP contribution in [0, 0.1) is 11.7 Å². The van der Waals surface area contributed by atoms with E-state index in [1.165, 1.54) is 31.4 Å². The molecule has 0 unspecified atom stereocenters. The van der Waals surface area contributed by atoms with E-state index in [9.17, 15) is 18.3 Å². The van der Waals surface area contributed by atoms with Gasteiger partial charge in [0.15, 0.2) is 5.82 Å². The number of benzene rings is 2. The third kappa shape index (κ3) is 3.27. The summed E-state index contributed by atoms with van der Waals surface area (Å²) in [5.41, 5.74) is -0.549. The molecule has 9 heteroatoms. The van der Waals surface area contributed by atoms with Gasteiger partial charge in [-0.1, -0.05) is 25.3 Å². The number of ether oxygens (including phenoxy) is 1. The molecule has 1 saturated heterocycles. The SMILES string of the molecule is O=C1CN(c2c(O)cc3ccc(OCCC4CCC4)cc3c2F)S(=O)(=O)N1. The molecule has 1 heterocycles. The number of rotatable bonds is 5. The highest BCUT2D eigenvalue weighted by molar-refractivity contribution is 7.92. The minimum Gasteiger partial charge on any atom is -0.506 e. The van der Waals surface area contributed by atoms with E-state index in [4.69, 9.17) is 4.74 Å². The molecule has 1 aliphatic carbocycles. The zero-order valence-electron chi connectivity index (χ0n) is 14.4. The monoisotopic (exact) mass is 394 g/mol. The molecule has 2 aromatic rings. The Hall–Kier alpha value is -2.55. The maximum atomic E-state index is 15.1. The molecule has 7 nitrogen and oxygen atoms in total. The lowest BCUT2D eigenvalue weighted by Gasteiger charge is -2.25. The Bertz CT molecular complexity index is 1020. The van der Waals surface area contributed by atoms with Crippen molar-refractivity contribution in [1.29, 1.82) is 0 Å². The average Bonchev–Trinajstić information content (AvgIpc) is 2.82. The van der Waals surface area contributed by atoms with Crippen molar-refractivity contribution in [2.75, 3.05) is 17.5 Å². The van der Waals surface area contributed by atoms with Crippen LogP contribution >= 0.6 is 0 Å². The first-order chi connectivity index (χ1) is 12.8. The number of carbonyl (C=O) groups excluding carboxylic acids is 1. The fourth-order valence-corrected chi connectivity index (χ4v) is 4.57. The highest BCUT2D eigenvalue weighted by Crippen LogP contribution is 2.39. The Morgan fingerprint density at radius 3 is 2.70 bits per heavy atom. The number of phenolic OH excluding ortho intramolecular Hbond substituents is 1. The smallest absolute Gasteiger partial charge is 0.326 e. The van der Waals surface area contributed by atoms with Crippen LogP contribution in [0.1, 0.15) is 25.7 Å². The van der Waals surface area contributed by atoms with Crippen LogP contribution in [0.2, 0.25) is 0 Å². The molecule has 1 aliphatic heterocycles. The van der Waals surface area contributed by atoms with Crippen molar-refractivity contribution in [2.45, 2.75) is 25.7 Å². The lowest BCUT2D eigenvalue weighted by Crippen LogP contribution is -2.30. The molecular weight excluding hydrogens is 375 g/mol. The van der Waals surface area contributed by atoms with Gasteiger partial charge in [-0.05, 0) is 35.9 Å². The van der Waals surface area contributed by atoms with Gasteiger partial charge in [-0.15, -0.1) is 0 Å². The highest BCUT2D eigenvalue weighted by Gasteiger charge is 2.37. The third-order valence-electron chi connectivity index (χ3n) is 5.09. The summed E-state index contributed by atoms with van der Waals surface area (Å²) in [4.78, 5) is 11.4. The number of halogens is 1. The van der Waals surface area contributed by atoms with Crippen LogP contribution < -0.4 is 13.8 Å². The summed E-state index contributed by atoms with van der Waals surface area (Å²) in [6.07, 6.45) is 4.64. The maximum Gasteiger partial charge on any atom is 0.326 e. The van der Waals surface area contributed by atoms with Crippen LogP contribution in [0.5, 0.6) is 11.5 Å². The fraction of sp³-hybridized carbons (Fsp3) is 0.389. The van der Waals surface area contributed by atoms with Crippen molar-refractivity contribution >= 4 is 32.6 Å². The van der Waals surface area contributed by atoms with Gasteiger partial charge in [-0.25, -0.2) is 13.4 Å². The largest absolute Gasteiger partial charge is 0.506 e. The molecule has 2 fully saturated rings. The minimum atomic E-state index is -4.23. The number of hydrogen-bond donors (Lipinski definition) is 2. The quantitative estimate of drug-likeness (QED) is 0.812. The first-order valence-electron chi connectivity index (χ1n) is 8.76. The molecule has 27 heavy (non-hydrogen) atoms. The fourth-order valence-electron chi connectivity index (χ4n) is 3.40. The van der Waals surface area contributed by atoms with E-state index in [1.807, 2.05) is 0 Å². The van der Waals surface area contributed by atoms with Crippen molar-refractivity contribution in [3.8, 4) is 11.5 Å². The maximum absolute atomic E-state index is 15.1. The number of amides is 1. The van der Waals surface area contributed by atoms with E-state index in [2.05, 4.69) is 0 Å². The molecule has 0 aromatic heterocycles. The van der Waals surface area contributed by atoms with E-state index in [-0.39, 0.29) is 5.39 Å². The zero-order valence-corrected chi connectivity index (χ0v) is 15.3. The Balaban J connectivity index is 1.67. The van der Waals surface area contributed by atoms with E-state index < -0.39 is 39.9 Å². The highest BCUT2D eigenvalue weighted by atomic mass is 32.2. The number of phenols is 1. The summed E-state index contributed by atoms with van der Waals surface area (Å²) in [5, 5.41) is 10.7. The van der Waals surface area contributed by atoms with Crippen LogP contribution in [-0.4, -0.2) is 32.6 Å². The average molecular weight is 394 g/mol. The molecule has 0 atom stereocenters. The van der Waals surface area contributed by atoms with Crippen LogP contribution in [0.15, 0.2) is 24.3 Å². The Morgan fingerprint density at radius 1 is 1.30 bits per heavy atom. The van der Waals surface area contributed by atoms with Crippen molar-refractivity contribution in [3.63, 3.8) is 0 Å². The summed E-state index contributed by atoms with van der Waals surface area (Å²) in [6, 6.07) is 6.03. The molecule has 144 valence electrons. The summed E-state index contributed by atoms with van der Waals surface area (Å²) >= 11 is 0. The van der Waals surface area contributed by atoms with Crippen molar-refractivity contribution in [3.05, 3.63) is 30.1 Å². The first-order valence-corrected chi connectivity index (χ1v) is 10.2. The minimum absolute atomic E-state index is 0.110. The molecule has 2 aromatic carbocycles. The number of fused-ring (bicyclic) bond motifs is 1. The topological polar surface area (TPSA) is 95.9 Å². The molecule has 1 saturated carbocycles. The molecule has 2 N–H and O–H groups in total. The molecule has 1 amide bonds. The van der Waals surface area contributed by atoms with Gasteiger partial charge in [-0.2, -0.15) is 8.42 Å². The van der Waals surface area contributed by atoms with Gasteiger partial charge in [0.25, 0.3) is 5.91 Å². The van der Waals surface area contributed by atoms with E-state index in [0.717, 1.165) is 6.42 Å². The van der Waals surface area contributed by atoms with Crippen molar-refractivity contribution < 1.29 is 27.4 Å². The molecule has 0 radical (unpaired) electrons. The summed E-state index contributed by atoms with van der Waals surface area (Å²) in [6.45, 7) is -0.0580. The van der Waals surface area contributed by atoms with Gasteiger partial charge in [0, 0.05) is 5.39 Å². The summed E-state index contributed by atoms with van der Waals surface area (Å²) in [7, 11) is -4.23. The van der Waals surface area contributed by atoms with Crippen LogP contribution in [0.25, 0.3) is 10.8 Å². The second-order valence-corrected chi connectivity index (χ2v) is 8.51. The Labute approximate surface area is 155 Å². The second-order valence-electron chi connectivity index (χ2n) is 6.91. The predicted octanol–water partition coefficient (Wildman–Crippen LogP) is 2.43. The molecule has 2 aliphatic rings. The molecule has 0 bridgehead atoms. The number of anilines is 1. The molecule has 4 rings (SSSR count). The number of aromatic hydroxyl groups is 1. The first kappa shape index (κ1) is 17.8. The van der Waals surface area contributed by atoms with Crippen LogP contribution in [-0.2, 0) is 15.0 Å². The standard InChI is InChI=1S/C18H19FN2O5S/c19-17-14-9-13(26-7-6-11-2-1-3-11)5-4-12(14)8-15(22)18(17)21-10-16(23)20-27(21,24)25/h4-5,8-9,11,22H,1-3,6-7,10H2,(H,20,23). The Morgan fingerprint density at radius 2 is 2.07 bits per heavy atom. The van der Waals surface area contributed by atoms with Gasteiger partial charge in [0.2, 0.25) is 0 Å². The van der Waals surface area contributed by atoms with E-state index in [0.29, 0.717) is 28.0 Å². The summed E-state index contributed by atoms with van der Waals surface area (Å²) < 4.78 is 47.1. The zero-order chi connectivity index (χ0) is 19.2. The number of nitrogens with zero attached hydrogens (tertiary/aromatic N) is 1. The lowest BCUT2D eigenvalue weighted by molar-refractivity contribution is -0.117. The van der Waals surface area contributed by atoms with Gasteiger partial charge < -0.3 is 9.84 Å². The van der Waals surface area contributed by atoms with Crippen molar-refractivity contribution in [2.24, 2.45) is 5.92 Å². The predicted molar refractivity (Wildman–Crippen MR) is 97.4 cm³/mol. The van der Waals surface area contributed by atoms with Gasteiger partial charge in [-0.3, -0.25) is 4.79 Å². The van der Waals surface area contributed by atoms with E-state index in [1.54, 1.807) is 16.9 Å². The number of hydrogen-bond acceptors (Lipinski definition) is 5. The van der Waals surface area contributed by atoms with Gasteiger partial charge >= 0.3 is 10.2 Å². The second kappa shape index (κ2) is 6.56. The molecule has 0 spiro atoms. The number of carbonyl (C=O) groups is 1. The normalized spacial score (nSPS) is 19.1. The van der Waals surface area contributed by atoms with E-state index >= 15 is 4.39 Å². The lowest BCUT2D eigenvalue weighted by atomic mass is 9.83. The Kier molecular flexibility index (Phi) is 4.33. The van der Waals surface area contributed by atoms with Crippen molar-refractivity contribution in [1.82, 2.24) is 4.72 Å². The van der Waals surface area contributed by atoms with Crippen LogP contribution in [0.3, 0.4) is 0 Å². The number of nitrogens with one attached hydrogen (secondary N) is 1. The molecular formula is C18H19FN2O5S.